The van der Waals surface area contributed by atoms with Gasteiger partial charge < -0.3 is 4.74 Å². The smallest absolute Gasteiger partial charge is 0.302 e. The van der Waals surface area contributed by atoms with Gasteiger partial charge >= 0.3 is 5.97 Å². The summed E-state index contributed by atoms with van der Waals surface area (Å²) < 4.78 is 5.33. The van der Waals surface area contributed by atoms with Crippen LogP contribution in [-0.4, -0.2) is 12.6 Å². The Labute approximate surface area is 132 Å². The maximum Gasteiger partial charge on any atom is 0.302 e. The fourth-order valence-corrected chi connectivity index (χ4v) is 3.14. The van der Waals surface area contributed by atoms with E-state index in [1.165, 1.54) is 34.8 Å². The molecule has 2 heteroatoms. The van der Waals surface area contributed by atoms with E-state index in [1.54, 1.807) is 0 Å². The summed E-state index contributed by atoms with van der Waals surface area (Å²) in [5.41, 5.74) is 6.41. The molecule has 1 aromatic rings. The van der Waals surface area contributed by atoms with Gasteiger partial charge in [0, 0.05) is 18.3 Å². The van der Waals surface area contributed by atoms with Crippen molar-refractivity contribution >= 4 is 11.5 Å². The molecule has 3 rings (SSSR count). The van der Waals surface area contributed by atoms with Crippen molar-refractivity contribution in [2.45, 2.75) is 33.6 Å². The number of fused-ring (bicyclic) bond motifs is 2. The molecule has 0 fully saturated rings. The zero-order chi connectivity index (χ0) is 15.9. The molecule has 0 saturated heterocycles. The molecule has 2 aliphatic rings. The highest BCUT2D eigenvalue weighted by molar-refractivity contribution is 5.87. The standard InChI is InChI=1S/C20H22O2/c1-13-11-18-17(9-10-20(13,3)4)15-7-5-6-8-16(15)19(18)12-22-14(2)21/h5-11,19H,12H2,1-4H3. The highest BCUT2D eigenvalue weighted by Crippen LogP contribution is 2.47. The van der Waals surface area contributed by atoms with Gasteiger partial charge in [0.1, 0.15) is 6.61 Å². The Hall–Kier alpha value is -2.09. The number of allylic oxidation sites excluding steroid dienone is 5. The molecule has 0 heterocycles. The van der Waals surface area contributed by atoms with Crippen molar-refractivity contribution in [3.63, 3.8) is 0 Å². The van der Waals surface area contributed by atoms with Gasteiger partial charge in [0.2, 0.25) is 0 Å². The first kappa shape index (κ1) is 14.8. The van der Waals surface area contributed by atoms with Gasteiger partial charge in [-0.3, -0.25) is 4.79 Å². The molecule has 0 spiro atoms. The van der Waals surface area contributed by atoms with E-state index >= 15 is 0 Å². The highest BCUT2D eigenvalue weighted by Gasteiger charge is 2.32. The Morgan fingerprint density at radius 2 is 2.00 bits per heavy atom. The van der Waals surface area contributed by atoms with Crippen molar-refractivity contribution in [1.82, 2.24) is 0 Å². The lowest BCUT2D eigenvalue weighted by Crippen LogP contribution is -2.12. The maximum absolute atomic E-state index is 11.2. The van der Waals surface area contributed by atoms with Crippen LogP contribution in [0.1, 0.15) is 44.7 Å². The van der Waals surface area contributed by atoms with Gasteiger partial charge in [0.25, 0.3) is 0 Å². The molecule has 1 atom stereocenters. The molecule has 1 unspecified atom stereocenters. The molecular formula is C20H22O2. The summed E-state index contributed by atoms with van der Waals surface area (Å²) in [6.07, 6.45) is 6.78. The Kier molecular flexibility index (Phi) is 3.56. The van der Waals surface area contributed by atoms with Crippen LogP contribution in [0.4, 0.5) is 0 Å². The molecule has 2 aliphatic carbocycles. The third kappa shape index (κ3) is 2.43. The largest absolute Gasteiger partial charge is 0.465 e. The maximum atomic E-state index is 11.2. The summed E-state index contributed by atoms with van der Waals surface area (Å²) in [6.45, 7) is 8.50. The molecule has 22 heavy (non-hydrogen) atoms. The summed E-state index contributed by atoms with van der Waals surface area (Å²) in [7, 11) is 0. The number of carbonyl (C=O) groups is 1. The van der Waals surface area contributed by atoms with Crippen molar-refractivity contribution in [1.29, 1.82) is 0 Å². The topological polar surface area (TPSA) is 26.3 Å². The third-order valence-corrected chi connectivity index (χ3v) is 4.82. The second-order valence-electron chi connectivity index (χ2n) is 6.69. The number of hydrogen-bond acceptors (Lipinski definition) is 2. The normalized spacial score (nSPS) is 21.8. The van der Waals surface area contributed by atoms with Crippen LogP contribution in [0.15, 0.2) is 53.6 Å². The van der Waals surface area contributed by atoms with Gasteiger partial charge in [-0.2, -0.15) is 0 Å². The third-order valence-electron chi connectivity index (χ3n) is 4.82. The summed E-state index contributed by atoms with van der Waals surface area (Å²) in [4.78, 5) is 11.2. The zero-order valence-corrected chi connectivity index (χ0v) is 13.6. The molecule has 0 amide bonds. The SMILES string of the molecule is CC(=O)OCC1C2=C(C=CC(C)(C)C(C)=C2)c2ccccc21. The van der Waals surface area contributed by atoms with Gasteiger partial charge in [-0.15, -0.1) is 0 Å². The Balaban J connectivity index is 2.11. The highest BCUT2D eigenvalue weighted by atomic mass is 16.5. The van der Waals surface area contributed by atoms with E-state index in [1.807, 2.05) is 0 Å². The average molecular weight is 294 g/mol. The number of carbonyl (C=O) groups excluding carboxylic acids is 1. The monoisotopic (exact) mass is 294 g/mol. The van der Waals surface area contributed by atoms with Crippen LogP contribution >= 0.6 is 0 Å². The van der Waals surface area contributed by atoms with Crippen LogP contribution in [0.3, 0.4) is 0 Å². The van der Waals surface area contributed by atoms with Crippen LogP contribution in [0.2, 0.25) is 0 Å². The lowest BCUT2D eigenvalue weighted by atomic mass is 9.83. The van der Waals surface area contributed by atoms with E-state index in [4.69, 9.17) is 4.74 Å². The van der Waals surface area contributed by atoms with Crippen LogP contribution in [-0.2, 0) is 9.53 Å². The van der Waals surface area contributed by atoms with Crippen molar-refractivity contribution in [3.8, 4) is 0 Å². The first-order chi connectivity index (χ1) is 10.4. The fraction of sp³-hybridized carbons (Fsp3) is 0.350. The van der Waals surface area contributed by atoms with Crippen LogP contribution in [0.25, 0.3) is 5.57 Å². The molecule has 0 radical (unpaired) electrons. The van der Waals surface area contributed by atoms with Crippen molar-refractivity contribution in [3.05, 3.63) is 64.8 Å². The molecular weight excluding hydrogens is 272 g/mol. The van der Waals surface area contributed by atoms with Gasteiger partial charge in [-0.25, -0.2) is 0 Å². The van der Waals surface area contributed by atoms with Crippen LogP contribution in [0, 0.1) is 5.41 Å². The minimum absolute atomic E-state index is 0.0469. The number of rotatable bonds is 2. The quantitative estimate of drug-likeness (QED) is 0.743. The van der Waals surface area contributed by atoms with Crippen LogP contribution in [0.5, 0.6) is 0 Å². The fourth-order valence-electron chi connectivity index (χ4n) is 3.14. The molecule has 0 N–H and O–H groups in total. The number of ether oxygens (including phenoxy) is 1. The first-order valence-corrected chi connectivity index (χ1v) is 7.75. The van der Waals surface area contributed by atoms with E-state index < -0.39 is 0 Å². The molecule has 0 aromatic heterocycles. The van der Waals surface area contributed by atoms with Crippen molar-refractivity contribution in [2.24, 2.45) is 5.41 Å². The summed E-state index contributed by atoms with van der Waals surface area (Å²) in [5.74, 6) is -0.0969. The van der Waals surface area contributed by atoms with E-state index in [0.717, 1.165) is 0 Å². The average Bonchev–Trinajstić information content (AvgIpc) is 2.69. The molecule has 0 bridgehead atoms. The second kappa shape index (κ2) is 5.28. The minimum Gasteiger partial charge on any atom is -0.465 e. The Morgan fingerprint density at radius 1 is 1.27 bits per heavy atom. The molecule has 2 nitrogen and oxygen atoms in total. The molecule has 0 aliphatic heterocycles. The number of hydrogen-bond donors (Lipinski definition) is 0. The lowest BCUT2D eigenvalue weighted by molar-refractivity contribution is -0.141. The van der Waals surface area contributed by atoms with Crippen molar-refractivity contribution < 1.29 is 9.53 Å². The molecule has 1 aromatic carbocycles. The van der Waals surface area contributed by atoms with E-state index in [0.29, 0.717) is 6.61 Å². The van der Waals surface area contributed by atoms with E-state index in [-0.39, 0.29) is 17.3 Å². The second-order valence-corrected chi connectivity index (χ2v) is 6.69. The number of esters is 1. The van der Waals surface area contributed by atoms with Gasteiger partial charge in [0.15, 0.2) is 0 Å². The summed E-state index contributed by atoms with van der Waals surface area (Å²) in [6, 6.07) is 8.42. The zero-order valence-electron chi connectivity index (χ0n) is 13.6. The van der Waals surface area contributed by atoms with Gasteiger partial charge in [-0.1, -0.05) is 61.9 Å². The molecule has 0 saturated carbocycles. The predicted molar refractivity (Wildman–Crippen MR) is 89.4 cm³/mol. The van der Waals surface area contributed by atoms with Crippen LogP contribution < -0.4 is 0 Å². The predicted octanol–water partition coefficient (Wildman–Crippen LogP) is 4.64. The molecule has 114 valence electrons. The Morgan fingerprint density at radius 3 is 2.73 bits per heavy atom. The Bertz CT molecular complexity index is 717. The number of benzene rings is 1. The van der Waals surface area contributed by atoms with E-state index in [2.05, 4.69) is 63.3 Å². The van der Waals surface area contributed by atoms with E-state index in [9.17, 15) is 4.79 Å². The minimum atomic E-state index is -0.225. The van der Waals surface area contributed by atoms with Gasteiger partial charge in [0.05, 0.1) is 0 Å². The summed E-state index contributed by atoms with van der Waals surface area (Å²) in [5, 5.41) is 0. The summed E-state index contributed by atoms with van der Waals surface area (Å²) >= 11 is 0. The van der Waals surface area contributed by atoms with Crippen molar-refractivity contribution in [2.75, 3.05) is 6.61 Å². The van der Waals surface area contributed by atoms with Gasteiger partial charge in [-0.05, 0) is 29.2 Å². The first-order valence-electron chi connectivity index (χ1n) is 7.75. The lowest BCUT2D eigenvalue weighted by Gasteiger charge is -2.22.